The Morgan fingerprint density at radius 3 is 2.30 bits per heavy atom. The van der Waals surface area contributed by atoms with Crippen molar-refractivity contribution in [3.63, 3.8) is 0 Å². The number of carbonyl (C=O) groups is 2. The molecule has 0 spiro atoms. The quantitative estimate of drug-likeness (QED) is 0.757. The van der Waals surface area contributed by atoms with Crippen LogP contribution in [0.3, 0.4) is 0 Å². The van der Waals surface area contributed by atoms with Crippen molar-refractivity contribution in [2.24, 2.45) is 17.3 Å². The van der Waals surface area contributed by atoms with Gasteiger partial charge in [0.1, 0.15) is 0 Å². The second-order valence-electron chi connectivity index (χ2n) is 10.6. The first-order valence-electron chi connectivity index (χ1n) is 11.5. The topological polar surface area (TPSA) is 61.4 Å². The van der Waals surface area contributed by atoms with Gasteiger partial charge in [0.2, 0.25) is 11.8 Å². The van der Waals surface area contributed by atoms with Gasteiger partial charge in [-0.25, -0.2) is 0 Å². The van der Waals surface area contributed by atoms with Crippen LogP contribution in [-0.4, -0.2) is 42.4 Å². The monoisotopic (exact) mass is 413 g/mol. The highest BCUT2D eigenvalue weighted by atomic mass is 16.2. The number of likely N-dealkylation sites (tertiary alicyclic amines) is 1. The van der Waals surface area contributed by atoms with E-state index in [0.29, 0.717) is 23.9 Å². The molecule has 0 aromatic heterocycles. The van der Waals surface area contributed by atoms with Gasteiger partial charge in [-0.15, -0.1) is 0 Å². The number of aryl methyl sites for hydroxylation is 2. The Morgan fingerprint density at radius 2 is 1.70 bits per heavy atom. The Balaban J connectivity index is 1.43. The maximum absolute atomic E-state index is 12.8. The Morgan fingerprint density at radius 1 is 1.07 bits per heavy atom. The molecule has 2 aliphatic rings. The van der Waals surface area contributed by atoms with E-state index >= 15 is 0 Å². The Labute approximate surface area is 182 Å². The van der Waals surface area contributed by atoms with Gasteiger partial charge in [0.05, 0.1) is 6.54 Å². The summed E-state index contributed by atoms with van der Waals surface area (Å²) in [5.41, 5.74) is 3.46. The van der Waals surface area contributed by atoms with E-state index in [1.807, 2.05) is 26.0 Å². The van der Waals surface area contributed by atoms with Gasteiger partial charge in [-0.3, -0.25) is 14.5 Å². The van der Waals surface area contributed by atoms with Crippen molar-refractivity contribution in [2.45, 2.75) is 72.8 Å². The van der Waals surface area contributed by atoms with Crippen LogP contribution in [0.25, 0.3) is 0 Å². The molecule has 1 aromatic carbocycles. The molecule has 1 saturated carbocycles. The Bertz CT molecular complexity index is 745. The molecule has 2 N–H and O–H groups in total. The molecule has 166 valence electrons. The van der Waals surface area contributed by atoms with E-state index in [2.05, 4.69) is 42.4 Å². The maximum Gasteiger partial charge on any atom is 0.238 e. The van der Waals surface area contributed by atoms with Gasteiger partial charge in [0, 0.05) is 17.6 Å². The number of anilines is 1. The summed E-state index contributed by atoms with van der Waals surface area (Å²) in [6.45, 7) is 13.0. The molecular formula is C25H39N3O2. The molecule has 2 atom stereocenters. The number of rotatable bonds is 5. The molecule has 2 unspecified atom stereocenters. The lowest BCUT2D eigenvalue weighted by Gasteiger charge is -2.40. The average Bonchev–Trinajstić information content (AvgIpc) is 2.59. The van der Waals surface area contributed by atoms with Crippen LogP contribution < -0.4 is 10.6 Å². The summed E-state index contributed by atoms with van der Waals surface area (Å²) in [6, 6.07) is 6.39. The van der Waals surface area contributed by atoms with Crippen LogP contribution in [-0.2, 0) is 9.59 Å². The highest BCUT2D eigenvalue weighted by molar-refractivity contribution is 5.92. The number of hydrogen-bond donors (Lipinski definition) is 2. The van der Waals surface area contributed by atoms with Gasteiger partial charge in [-0.05, 0) is 93.6 Å². The molecule has 1 aromatic rings. The summed E-state index contributed by atoms with van der Waals surface area (Å²) in [7, 11) is 0. The van der Waals surface area contributed by atoms with Crippen molar-refractivity contribution in [1.82, 2.24) is 10.2 Å². The minimum Gasteiger partial charge on any atom is -0.353 e. The molecule has 5 heteroatoms. The predicted octanol–water partition coefficient (Wildman–Crippen LogP) is 4.28. The third kappa shape index (κ3) is 6.56. The molecule has 30 heavy (non-hydrogen) atoms. The summed E-state index contributed by atoms with van der Waals surface area (Å²) in [5.74, 6) is 0.964. The molecule has 2 fully saturated rings. The van der Waals surface area contributed by atoms with E-state index in [1.54, 1.807) is 0 Å². The summed E-state index contributed by atoms with van der Waals surface area (Å²) < 4.78 is 0. The minimum atomic E-state index is 0.0151. The lowest BCUT2D eigenvalue weighted by molar-refractivity contribution is -0.127. The Kier molecular flexibility index (Phi) is 7.22. The SMILES string of the molecule is Cc1cc(C)cc(NC(=O)CN2CCC(C(=O)NC3CC(C)CC(C)(C)C3)CC2)c1. The first-order valence-corrected chi connectivity index (χ1v) is 11.5. The van der Waals surface area contributed by atoms with E-state index in [4.69, 9.17) is 0 Å². The number of nitrogens with one attached hydrogen (secondary N) is 2. The molecule has 0 radical (unpaired) electrons. The fraction of sp³-hybridized carbons (Fsp3) is 0.680. The summed E-state index contributed by atoms with van der Waals surface area (Å²) >= 11 is 0. The average molecular weight is 414 g/mol. The second-order valence-corrected chi connectivity index (χ2v) is 10.6. The van der Waals surface area contributed by atoms with Crippen molar-refractivity contribution in [3.8, 4) is 0 Å². The van der Waals surface area contributed by atoms with Gasteiger partial charge in [0.15, 0.2) is 0 Å². The number of nitrogens with zero attached hydrogens (tertiary/aromatic N) is 1. The van der Waals surface area contributed by atoms with Crippen LogP contribution in [0.2, 0.25) is 0 Å². The number of benzene rings is 1. The standard InChI is InChI=1S/C25H39N3O2/c1-17-10-18(2)12-21(11-17)26-23(29)16-28-8-6-20(7-9-28)24(30)27-22-13-19(3)14-25(4,5)15-22/h10-12,19-20,22H,6-9,13-16H2,1-5H3,(H,26,29)(H,27,30). The highest BCUT2D eigenvalue weighted by Crippen LogP contribution is 2.38. The fourth-order valence-corrected chi connectivity index (χ4v) is 5.58. The normalized spacial score (nSPS) is 25.0. The maximum atomic E-state index is 12.8. The van der Waals surface area contributed by atoms with Crippen molar-refractivity contribution in [3.05, 3.63) is 29.3 Å². The van der Waals surface area contributed by atoms with Gasteiger partial charge in [0.25, 0.3) is 0 Å². The zero-order valence-corrected chi connectivity index (χ0v) is 19.4. The zero-order chi connectivity index (χ0) is 21.9. The minimum absolute atomic E-state index is 0.0151. The van der Waals surface area contributed by atoms with Crippen LogP contribution in [0, 0.1) is 31.1 Å². The second kappa shape index (κ2) is 9.51. The lowest BCUT2D eigenvalue weighted by atomic mass is 9.70. The van der Waals surface area contributed by atoms with Crippen LogP contribution in [0.4, 0.5) is 5.69 Å². The zero-order valence-electron chi connectivity index (χ0n) is 19.4. The molecule has 1 aliphatic heterocycles. The van der Waals surface area contributed by atoms with Crippen molar-refractivity contribution in [1.29, 1.82) is 0 Å². The number of piperidine rings is 1. The third-order valence-corrected chi connectivity index (χ3v) is 6.56. The summed E-state index contributed by atoms with van der Waals surface area (Å²) in [4.78, 5) is 27.4. The third-order valence-electron chi connectivity index (χ3n) is 6.56. The van der Waals surface area contributed by atoms with E-state index in [0.717, 1.165) is 55.6 Å². The predicted molar refractivity (Wildman–Crippen MR) is 122 cm³/mol. The van der Waals surface area contributed by atoms with Gasteiger partial charge in [-0.2, -0.15) is 0 Å². The number of hydrogen-bond acceptors (Lipinski definition) is 3. The molecule has 1 heterocycles. The molecule has 1 saturated heterocycles. The number of amides is 2. The molecular weight excluding hydrogens is 374 g/mol. The van der Waals surface area contributed by atoms with Crippen LogP contribution in [0.1, 0.15) is 64.0 Å². The summed E-state index contributed by atoms with van der Waals surface area (Å²) in [5, 5.41) is 6.35. The number of carbonyl (C=O) groups excluding carboxylic acids is 2. The van der Waals surface area contributed by atoms with Crippen LogP contribution in [0.15, 0.2) is 18.2 Å². The Hall–Kier alpha value is -1.88. The molecule has 0 bridgehead atoms. The van der Waals surface area contributed by atoms with Crippen LogP contribution in [0.5, 0.6) is 0 Å². The van der Waals surface area contributed by atoms with Crippen molar-refractivity contribution < 1.29 is 9.59 Å². The van der Waals surface area contributed by atoms with Gasteiger partial charge >= 0.3 is 0 Å². The van der Waals surface area contributed by atoms with Crippen molar-refractivity contribution >= 4 is 17.5 Å². The highest BCUT2D eigenvalue weighted by Gasteiger charge is 2.34. The smallest absolute Gasteiger partial charge is 0.238 e. The first kappa shape index (κ1) is 22.8. The lowest BCUT2D eigenvalue weighted by Crippen LogP contribution is -2.48. The first-order chi connectivity index (χ1) is 14.1. The van der Waals surface area contributed by atoms with Gasteiger partial charge < -0.3 is 10.6 Å². The molecule has 3 rings (SSSR count). The van der Waals surface area contributed by atoms with Gasteiger partial charge in [-0.1, -0.05) is 26.8 Å². The van der Waals surface area contributed by atoms with E-state index < -0.39 is 0 Å². The summed E-state index contributed by atoms with van der Waals surface area (Å²) in [6.07, 6.45) is 5.05. The largest absolute Gasteiger partial charge is 0.353 e. The van der Waals surface area contributed by atoms with E-state index in [-0.39, 0.29) is 17.7 Å². The fourth-order valence-electron chi connectivity index (χ4n) is 5.58. The molecule has 1 aliphatic carbocycles. The van der Waals surface area contributed by atoms with E-state index in [9.17, 15) is 9.59 Å². The van der Waals surface area contributed by atoms with E-state index in [1.165, 1.54) is 6.42 Å². The van der Waals surface area contributed by atoms with Crippen molar-refractivity contribution in [2.75, 3.05) is 25.0 Å². The molecule has 2 amide bonds. The van der Waals surface area contributed by atoms with Crippen LogP contribution >= 0.6 is 0 Å². The molecule has 5 nitrogen and oxygen atoms in total.